The number of hydrogen-bond donors (Lipinski definition) is 1. The fourth-order valence-electron chi connectivity index (χ4n) is 4.11. The van der Waals surface area contributed by atoms with E-state index in [2.05, 4.69) is 34.7 Å². The molecular weight excluding hydrogens is 464 g/mol. The molecule has 0 saturated carbocycles. The third-order valence-corrected chi connectivity index (χ3v) is 7.06. The first-order valence-corrected chi connectivity index (χ1v) is 12.1. The van der Waals surface area contributed by atoms with Gasteiger partial charge >= 0.3 is 5.97 Å². The van der Waals surface area contributed by atoms with Gasteiger partial charge in [0.05, 0.1) is 23.6 Å². The minimum atomic E-state index is -1.06. The van der Waals surface area contributed by atoms with Crippen LogP contribution >= 0.6 is 11.3 Å². The Morgan fingerprint density at radius 2 is 1.89 bits per heavy atom. The Bertz CT molecular complexity index is 1450. The van der Waals surface area contributed by atoms with Crippen molar-refractivity contribution in [2.75, 3.05) is 16.8 Å². The van der Waals surface area contributed by atoms with Crippen LogP contribution in [0.3, 0.4) is 0 Å². The molecule has 0 bridgehead atoms. The molecule has 2 aromatic carbocycles. The highest BCUT2D eigenvalue weighted by molar-refractivity contribution is 7.20. The molecule has 2 aromatic heterocycles. The number of thiophene rings is 1. The monoisotopic (exact) mass is 488 g/mol. The van der Waals surface area contributed by atoms with Gasteiger partial charge in [-0.25, -0.2) is 4.79 Å². The lowest BCUT2D eigenvalue weighted by molar-refractivity contribution is -0.128. The van der Waals surface area contributed by atoms with Crippen LogP contribution in [0.5, 0.6) is 0 Å². The minimum absolute atomic E-state index is 0.130. The summed E-state index contributed by atoms with van der Waals surface area (Å²) in [5, 5.41) is 8.25. The SMILES string of the molecule is Cc1ccc(Cn2nc(C)c3cc(C(=O)OC(C)C(=O)N4CC(=O)Nc5ccccc54)sc32)cc1. The smallest absolute Gasteiger partial charge is 0.349 e. The van der Waals surface area contributed by atoms with E-state index >= 15 is 0 Å². The maximum Gasteiger partial charge on any atom is 0.349 e. The number of hydrogen-bond acceptors (Lipinski definition) is 6. The molecule has 1 N–H and O–H groups in total. The minimum Gasteiger partial charge on any atom is -0.448 e. The van der Waals surface area contributed by atoms with Gasteiger partial charge in [-0.3, -0.25) is 19.2 Å². The standard InChI is InChI=1S/C26H24N4O4S/c1-15-8-10-18(11-9-15)13-30-25-19(16(2)28-30)12-22(35-25)26(33)34-17(3)24(32)29-14-23(31)27-20-6-4-5-7-21(20)29/h4-12,17H,13-14H2,1-3H3,(H,27,31). The van der Waals surface area contributed by atoms with Gasteiger partial charge in [-0.05, 0) is 44.5 Å². The lowest BCUT2D eigenvalue weighted by Crippen LogP contribution is -2.47. The van der Waals surface area contributed by atoms with Gasteiger partial charge in [0.25, 0.3) is 5.91 Å². The van der Waals surface area contributed by atoms with E-state index in [1.807, 2.05) is 18.5 Å². The van der Waals surface area contributed by atoms with Crippen LogP contribution in [0, 0.1) is 13.8 Å². The van der Waals surface area contributed by atoms with E-state index < -0.39 is 18.0 Å². The zero-order valence-electron chi connectivity index (χ0n) is 19.6. The van der Waals surface area contributed by atoms with Gasteiger partial charge in [-0.15, -0.1) is 11.3 Å². The first-order chi connectivity index (χ1) is 16.8. The van der Waals surface area contributed by atoms with Crippen LogP contribution in [0.2, 0.25) is 0 Å². The van der Waals surface area contributed by atoms with Crippen molar-refractivity contribution in [2.24, 2.45) is 0 Å². The van der Waals surface area contributed by atoms with Crippen molar-refractivity contribution in [3.8, 4) is 0 Å². The molecule has 1 atom stereocenters. The van der Waals surface area contributed by atoms with Gasteiger partial charge in [0.2, 0.25) is 5.91 Å². The molecule has 0 radical (unpaired) electrons. The van der Waals surface area contributed by atoms with E-state index in [4.69, 9.17) is 4.74 Å². The van der Waals surface area contributed by atoms with Gasteiger partial charge in [0, 0.05) is 5.39 Å². The van der Waals surface area contributed by atoms with E-state index in [1.165, 1.54) is 28.7 Å². The molecule has 4 aromatic rings. The summed E-state index contributed by atoms with van der Waals surface area (Å²) in [5.41, 5.74) is 4.25. The van der Waals surface area contributed by atoms with E-state index in [1.54, 1.807) is 30.3 Å². The average Bonchev–Trinajstić information content (AvgIpc) is 3.40. The molecule has 1 aliphatic rings. The number of carbonyl (C=O) groups is 3. The molecule has 0 spiro atoms. The molecule has 1 aliphatic heterocycles. The fraction of sp³-hybridized carbons (Fsp3) is 0.231. The Morgan fingerprint density at radius 3 is 2.66 bits per heavy atom. The number of nitrogens with zero attached hydrogens (tertiary/aromatic N) is 3. The summed E-state index contributed by atoms with van der Waals surface area (Å²) >= 11 is 1.29. The normalized spacial score (nSPS) is 13.9. The summed E-state index contributed by atoms with van der Waals surface area (Å²) in [6, 6.07) is 17.0. The van der Waals surface area contributed by atoms with Crippen molar-refractivity contribution in [1.82, 2.24) is 9.78 Å². The number of aryl methyl sites for hydroxylation is 2. The number of fused-ring (bicyclic) bond motifs is 2. The fourth-order valence-corrected chi connectivity index (χ4v) is 5.15. The summed E-state index contributed by atoms with van der Waals surface area (Å²) < 4.78 is 7.41. The van der Waals surface area contributed by atoms with Crippen molar-refractivity contribution in [2.45, 2.75) is 33.4 Å². The molecule has 8 nitrogen and oxygen atoms in total. The van der Waals surface area contributed by atoms with Crippen LogP contribution in [-0.2, 0) is 20.9 Å². The Balaban J connectivity index is 1.34. The number of rotatable bonds is 5. The molecule has 178 valence electrons. The summed E-state index contributed by atoms with van der Waals surface area (Å²) in [7, 11) is 0. The van der Waals surface area contributed by atoms with Gasteiger partial charge in [-0.2, -0.15) is 5.10 Å². The molecule has 3 heterocycles. The topological polar surface area (TPSA) is 93.5 Å². The molecule has 9 heteroatoms. The van der Waals surface area contributed by atoms with Crippen LogP contribution in [-0.4, -0.2) is 40.2 Å². The highest BCUT2D eigenvalue weighted by Gasteiger charge is 2.32. The number of nitrogens with one attached hydrogen (secondary N) is 1. The summed E-state index contributed by atoms with van der Waals surface area (Å²) in [4.78, 5) is 40.7. The lowest BCUT2D eigenvalue weighted by Gasteiger charge is -2.30. The number of anilines is 2. The summed E-state index contributed by atoms with van der Waals surface area (Å²) in [5.74, 6) is -1.33. The van der Waals surface area contributed by atoms with Crippen LogP contribution in [0.15, 0.2) is 54.6 Å². The first-order valence-electron chi connectivity index (χ1n) is 11.2. The first kappa shape index (κ1) is 22.8. The number of para-hydroxylation sites is 2. The second kappa shape index (κ2) is 8.99. The Labute approximate surface area is 206 Å². The maximum absolute atomic E-state index is 13.1. The Morgan fingerprint density at radius 1 is 1.14 bits per heavy atom. The highest BCUT2D eigenvalue weighted by Crippen LogP contribution is 2.31. The van der Waals surface area contributed by atoms with Crippen molar-refractivity contribution in [3.63, 3.8) is 0 Å². The molecule has 0 fully saturated rings. The molecule has 2 amide bonds. The molecular formula is C26H24N4O4S. The molecule has 5 rings (SSSR count). The Hall–Kier alpha value is -3.98. The van der Waals surface area contributed by atoms with E-state index in [9.17, 15) is 14.4 Å². The van der Waals surface area contributed by atoms with E-state index in [0.717, 1.165) is 21.5 Å². The number of amides is 2. The highest BCUT2D eigenvalue weighted by atomic mass is 32.1. The zero-order valence-corrected chi connectivity index (χ0v) is 20.4. The van der Waals surface area contributed by atoms with Gasteiger partial charge < -0.3 is 10.1 Å². The quantitative estimate of drug-likeness (QED) is 0.423. The van der Waals surface area contributed by atoms with Crippen LogP contribution in [0.1, 0.15) is 33.4 Å². The molecule has 35 heavy (non-hydrogen) atoms. The molecule has 0 saturated heterocycles. The lowest BCUT2D eigenvalue weighted by atomic mass is 10.1. The predicted octanol–water partition coefficient (Wildman–Crippen LogP) is 4.29. The van der Waals surface area contributed by atoms with Crippen LogP contribution in [0.25, 0.3) is 10.2 Å². The summed E-state index contributed by atoms with van der Waals surface area (Å²) in [6.07, 6.45) is -1.06. The largest absolute Gasteiger partial charge is 0.448 e. The third-order valence-electron chi connectivity index (χ3n) is 5.93. The third kappa shape index (κ3) is 4.42. The average molecular weight is 489 g/mol. The van der Waals surface area contributed by atoms with Crippen LogP contribution in [0.4, 0.5) is 11.4 Å². The van der Waals surface area contributed by atoms with Gasteiger partial charge in [0.15, 0.2) is 6.10 Å². The van der Waals surface area contributed by atoms with Crippen molar-refractivity contribution in [1.29, 1.82) is 0 Å². The van der Waals surface area contributed by atoms with Crippen molar-refractivity contribution >= 4 is 50.7 Å². The number of benzene rings is 2. The number of carbonyl (C=O) groups excluding carboxylic acids is 3. The van der Waals surface area contributed by atoms with Gasteiger partial charge in [0.1, 0.15) is 16.3 Å². The zero-order chi connectivity index (χ0) is 24.7. The number of ether oxygens (including phenoxy) is 1. The Kier molecular flexibility index (Phi) is 5.86. The van der Waals surface area contributed by atoms with E-state index in [0.29, 0.717) is 22.8 Å². The molecule has 1 unspecified atom stereocenters. The van der Waals surface area contributed by atoms with Gasteiger partial charge in [-0.1, -0.05) is 42.0 Å². The van der Waals surface area contributed by atoms with Crippen LogP contribution < -0.4 is 10.2 Å². The number of esters is 1. The number of aromatic nitrogens is 2. The second-order valence-corrected chi connectivity index (χ2v) is 9.63. The second-order valence-electron chi connectivity index (χ2n) is 8.60. The van der Waals surface area contributed by atoms with Crippen molar-refractivity contribution in [3.05, 3.63) is 76.3 Å². The van der Waals surface area contributed by atoms with Crippen molar-refractivity contribution < 1.29 is 19.1 Å². The molecule has 0 aliphatic carbocycles. The predicted molar refractivity (Wildman–Crippen MR) is 135 cm³/mol. The summed E-state index contributed by atoms with van der Waals surface area (Å²) in [6.45, 7) is 5.93. The maximum atomic E-state index is 13.1. The van der Waals surface area contributed by atoms with E-state index in [-0.39, 0.29) is 12.5 Å².